The molecule has 1 rings (SSSR count). The van der Waals surface area contributed by atoms with E-state index in [0.717, 1.165) is 17.8 Å². The molecule has 0 aromatic carbocycles. The summed E-state index contributed by atoms with van der Waals surface area (Å²) in [5.74, 6) is 2.84. The van der Waals surface area contributed by atoms with Crippen LogP contribution in [-0.4, -0.2) is 12.1 Å². The second-order valence-electron chi connectivity index (χ2n) is 6.75. The highest BCUT2D eigenvalue weighted by Gasteiger charge is 2.31. The van der Waals surface area contributed by atoms with Gasteiger partial charge in [0.05, 0.1) is 0 Å². The van der Waals surface area contributed by atoms with Crippen molar-refractivity contribution in [2.24, 2.45) is 17.8 Å². The van der Waals surface area contributed by atoms with E-state index in [1.165, 1.54) is 38.6 Å². The Morgan fingerprint density at radius 2 is 1.94 bits per heavy atom. The Balaban J connectivity index is 2.40. The predicted octanol–water partition coefficient (Wildman–Crippen LogP) is 4.23. The standard InChI is InChI=1S/C15H31N/c1-6-8-12(2)14-10-7-9-13(14)11-16-15(3,4)5/h12-14,16H,6-11H2,1-5H3. The molecular formula is C15H31N. The minimum Gasteiger partial charge on any atom is -0.312 e. The molecule has 0 bridgehead atoms. The van der Waals surface area contributed by atoms with Crippen LogP contribution in [0.2, 0.25) is 0 Å². The lowest BCUT2D eigenvalue weighted by Gasteiger charge is -2.29. The average molecular weight is 225 g/mol. The SMILES string of the molecule is CCCC(C)C1CCCC1CNC(C)(C)C. The number of nitrogens with one attached hydrogen (secondary N) is 1. The Morgan fingerprint density at radius 1 is 1.25 bits per heavy atom. The van der Waals surface area contributed by atoms with Gasteiger partial charge in [-0.05, 0) is 57.9 Å². The first kappa shape index (κ1) is 14.0. The van der Waals surface area contributed by atoms with E-state index in [-0.39, 0.29) is 5.54 Å². The van der Waals surface area contributed by atoms with Gasteiger partial charge in [0.25, 0.3) is 0 Å². The summed E-state index contributed by atoms with van der Waals surface area (Å²) in [6, 6.07) is 0. The molecule has 0 aromatic heterocycles. The van der Waals surface area contributed by atoms with Gasteiger partial charge in [0.15, 0.2) is 0 Å². The van der Waals surface area contributed by atoms with Gasteiger partial charge in [0.1, 0.15) is 0 Å². The lowest BCUT2D eigenvalue weighted by atomic mass is 9.82. The van der Waals surface area contributed by atoms with E-state index >= 15 is 0 Å². The van der Waals surface area contributed by atoms with Crippen molar-refractivity contribution in [1.29, 1.82) is 0 Å². The molecule has 1 fully saturated rings. The first-order valence-electron chi connectivity index (χ1n) is 7.19. The molecule has 1 aliphatic carbocycles. The molecule has 0 radical (unpaired) electrons. The maximum atomic E-state index is 3.69. The fourth-order valence-electron chi connectivity index (χ4n) is 3.17. The van der Waals surface area contributed by atoms with Crippen molar-refractivity contribution in [3.63, 3.8) is 0 Å². The van der Waals surface area contributed by atoms with Crippen LogP contribution in [0.3, 0.4) is 0 Å². The Hall–Kier alpha value is -0.0400. The summed E-state index contributed by atoms with van der Waals surface area (Å²) in [7, 11) is 0. The molecule has 0 aromatic rings. The second kappa shape index (κ2) is 6.05. The van der Waals surface area contributed by atoms with Crippen molar-refractivity contribution < 1.29 is 0 Å². The zero-order valence-electron chi connectivity index (χ0n) is 12.0. The van der Waals surface area contributed by atoms with E-state index in [4.69, 9.17) is 0 Å². The smallest absolute Gasteiger partial charge is 0.00966 e. The van der Waals surface area contributed by atoms with Gasteiger partial charge in [-0.15, -0.1) is 0 Å². The van der Waals surface area contributed by atoms with E-state index in [2.05, 4.69) is 39.9 Å². The third-order valence-corrected chi connectivity index (χ3v) is 4.09. The largest absolute Gasteiger partial charge is 0.312 e. The zero-order chi connectivity index (χ0) is 12.2. The molecule has 0 spiro atoms. The van der Waals surface area contributed by atoms with Gasteiger partial charge >= 0.3 is 0 Å². The van der Waals surface area contributed by atoms with Crippen LogP contribution >= 0.6 is 0 Å². The van der Waals surface area contributed by atoms with Crippen LogP contribution in [0.15, 0.2) is 0 Å². The molecule has 16 heavy (non-hydrogen) atoms. The van der Waals surface area contributed by atoms with E-state index in [1.54, 1.807) is 0 Å². The van der Waals surface area contributed by atoms with E-state index in [9.17, 15) is 0 Å². The van der Waals surface area contributed by atoms with Crippen LogP contribution in [0.4, 0.5) is 0 Å². The zero-order valence-corrected chi connectivity index (χ0v) is 12.0. The normalized spacial score (nSPS) is 28.3. The third-order valence-electron chi connectivity index (χ3n) is 4.09. The summed E-state index contributed by atoms with van der Waals surface area (Å²) in [5, 5.41) is 3.69. The van der Waals surface area contributed by atoms with Crippen LogP contribution in [0, 0.1) is 17.8 Å². The van der Waals surface area contributed by atoms with E-state index in [0.29, 0.717) is 0 Å². The summed E-state index contributed by atoms with van der Waals surface area (Å²) < 4.78 is 0. The van der Waals surface area contributed by atoms with Gasteiger partial charge < -0.3 is 5.32 Å². The highest BCUT2D eigenvalue weighted by atomic mass is 14.9. The molecule has 1 aliphatic rings. The van der Waals surface area contributed by atoms with Crippen molar-refractivity contribution in [2.75, 3.05) is 6.54 Å². The van der Waals surface area contributed by atoms with Crippen molar-refractivity contribution in [1.82, 2.24) is 5.32 Å². The molecule has 1 saturated carbocycles. The minimum atomic E-state index is 0.279. The molecule has 3 atom stereocenters. The lowest BCUT2D eigenvalue weighted by molar-refractivity contribution is 0.241. The lowest BCUT2D eigenvalue weighted by Crippen LogP contribution is -2.40. The van der Waals surface area contributed by atoms with Crippen LogP contribution < -0.4 is 5.32 Å². The fraction of sp³-hybridized carbons (Fsp3) is 1.00. The summed E-state index contributed by atoms with van der Waals surface area (Å²) in [4.78, 5) is 0. The molecule has 96 valence electrons. The Morgan fingerprint density at radius 3 is 2.50 bits per heavy atom. The Kier molecular flexibility index (Phi) is 5.30. The first-order chi connectivity index (χ1) is 7.44. The monoisotopic (exact) mass is 225 g/mol. The Labute approximate surface area is 102 Å². The summed E-state index contributed by atoms with van der Waals surface area (Å²) in [5.41, 5.74) is 0.279. The highest BCUT2D eigenvalue weighted by molar-refractivity contribution is 4.84. The maximum Gasteiger partial charge on any atom is 0.00966 e. The molecule has 1 heteroatoms. The molecule has 1 N–H and O–H groups in total. The molecular weight excluding hydrogens is 194 g/mol. The number of hydrogen-bond donors (Lipinski definition) is 1. The van der Waals surface area contributed by atoms with Gasteiger partial charge in [-0.2, -0.15) is 0 Å². The van der Waals surface area contributed by atoms with Crippen molar-refractivity contribution in [3.05, 3.63) is 0 Å². The summed E-state index contributed by atoms with van der Waals surface area (Å²) in [6.45, 7) is 12.8. The molecule has 0 aliphatic heterocycles. The highest BCUT2D eigenvalue weighted by Crippen LogP contribution is 2.38. The number of hydrogen-bond acceptors (Lipinski definition) is 1. The van der Waals surface area contributed by atoms with E-state index < -0.39 is 0 Å². The van der Waals surface area contributed by atoms with Crippen LogP contribution in [0.5, 0.6) is 0 Å². The fourth-order valence-corrected chi connectivity index (χ4v) is 3.17. The topological polar surface area (TPSA) is 12.0 Å². The molecule has 0 heterocycles. The van der Waals surface area contributed by atoms with Gasteiger partial charge in [-0.25, -0.2) is 0 Å². The van der Waals surface area contributed by atoms with Gasteiger partial charge in [-0.3, -0.25) is 0 Å². The summed E-state index contributed by atoms with van der Waals surface area (Å²) >= 11 is 0. The second-order valence-corrected chi connectivity index (χ2v) is 6.75. The van der Waals surface area contributed by atoms with Crippen molar-refractivity contribution in [2.45, 2.75) is 72.3 Å². The quantitative estimate of drug-likeness (QED) is 0.738. The van der Waals surface area contributed by atoms with Gasteiger partial charge in [-0.1, -0.05) is 33.1 Å². The average Bonchev–Trinajstić information content (AvgIpc) is 2.61. The molecule has 0 amide bonds. The number of rotatable bonds is 5. The van der Waals surface area contributed by atoms with Gasteiger partial charge in [0, 0.05) is 5.54 Å². The minimum absolute atomic E-state index is 0.279. The first-order valence-corrected chi connectivity index (χ1v) is 7.19. The van der Waals surface area contributed by atoms with Crippen molar-refractivity contribution in [3.8, 4) is 0 Å². The predicted molar refractivity (Wildman–Crippen MR) is 72.7 cm³/mol. The molecule has 3 unspecified atom stereocenters. The van der Waals surface area contributed by atoms with Gasteiger partial charge in [0.2, 0.25) is 0 Å². The molecule has 0 saturated heterocycles. The van der Waals surface area contributed by atoms with Crippen molar-refractivity contribution >= 4 is 0 Å². The van der Waals surface area contributed by atoms with E-state index in [1.807, 2.05) is 0 Å². The third kappa shape index (κ3) is 4.45. The van der Waals surface area contributed by atoms with Crippen LogP contribution in [0.1, 0.15) is 66.7 Å². The summed E-state index contributed by atoms with van der Waals surface area (Å²) in [6.07, 6.45) is 7.13. The van der Waals surface area contributed by atoms with Crippen LogP contribution in [-0.2, 0) is 0 Å². The van der Waals surface area contributed by atoms with Crippen LogP contribution in [0.25, 0.3) is 0 Å². The Bertz CT molecular complexity index is 192. The maximum absolute atomic E-state index is 3.69. The molecule has 1 nitrogen and oxygen atoms in total.